The Morgan fingerprint density at radius 1 is 1.47 bits per heavy atom. The van der Waals surface area contributed by atoms with Crippen LogP contribution >= 0.6 is 15.9 Å². The van der Waals surface area contributed by atoms with Crippen molar-refractivity contribution >= 4 is 21.9 Å². The lowest BCUT2D eigenvalue weighted by Gasteiger charge is -2.13. The van der Waals surface area contributed by atoms with Crippen molar-refractivity contribution < 1.29 is 36.6 Å². The molecule has 0 saturated heterocycles. The van der Waals surface area contributed by atoms with E-state index in [1.54, 1.807) is 0 Å². The van der Waals surface area contributed by atoms with Crippen LogP contribution in [-0.4, -0.2) is 22.4 Å². The van der Waals surface area contributed by atoms with Gasteiger partial charge in [0.15, 0.2) is 5.69 Å². The van der Waals surface area contributed by atoms with Crippen LogP contribution in [0.3, 0.4) is 0 Å². The van der Waals surface area contributed by atoms with Crippen molar-refractivity contribution in [3.63, 3.8) is 0 Å². The third-order valence-electron chi connectivity index (χ3n) is 1.89. The van der Waals surface area contributed by atoms with Crippen molar-refractivity contribution in [2.45, 2.75) is 18.1 Å². The summed E-state index contributed by atoms with van der Waals surface area (Å²) in [5, 5.41) is 8.40. The monoisotopic (exact) mass is 349 g/mol. The molecule has 0 aliphatic rings. The molecule has 0 aliphatic carbocycles. The van der Waals surface area contributed by atoms with Crippen molar-refractivity contribution in [2.24, 2.45) is 0 Å². The van der Waals surface area contributed by atoms with Crippen molar-refractivity contribution in [2.75, 3.05) is 0 Å². The highest BCUT2D eigenvalue weighted by atomic mass is 79.9. The summed E-state index contributed by atoms with van der Waals surface area (Å²) in [4.78, 5) is 13.7. The average Bonchev–Trinajstić information content (AvgIpc) is 2.25. The predicted octanol–water partition coefficient (Wildman–Crippen LogP) is 3.51. The molecule has 0 amide bonds. The summed E-state index contributed by atoms with van der Waals surface area (Å²) in [6.07, 6.45) is -8.29. The van der Waals surface area contributed by atoms with Crippen LogP contribution in [0.4, 0.5) is 22.0 Å². The van der Waals surface area contributed by atoms with E-state index in [0.717, 1.165) is 0 Å². The van der Waals surface area contributed by atoms with Crippen molar-refractivity contribution in [1.82, 2.24) is 4.98 Å². The SMILES string of the molecule is O=C(O)c1nc(OC(F)(F)F)c(CBr)cc1C(F)F. The molecule has 1 rings (SSSR count). The normalized spacial score (nSPS) is 11.7. The molecule has 0 aromatic carbocycles. The molecule has 0 fully saturated rings. The third-order valence-corrected chi connectivity index (χ3v) is 2.49. The first-order valence-corrected chi connectivity index (χ1v) is 5.64. The Bertz CT molecular complexity index is 491. The summed E-state index contributed by atoms with van der Waals surface area (Å²) >= 11 is 2.78. The van der Waals surface area contributed by atoms with Crippen LogP contribution in [0.1, 0.15) is 28.0 Å². The fourth-order valence-corrected chi connectivity index (χ4v) is 1.59. The average molecular weight is 350 g/mol. The number of carbonyl (C=O) groups is 1. The number of ether oxygens (including phenoxy) is 1. The van der Waals surface area contributed by atoms with Gasteiger partial charge in [0, 0.05) is 10.9 Å². The molecule has 0 aliphatic heterocycles. The van der Waals surface area contributed by atoms with Crippen molar-refractivity contribution in [3.8, 4) is 5.88 Å². The van der Waals surface area contributed by atoms with Gasteiger partial charge in [0.2, 0.25) is 5.88 Å². The lowest BCUT2D eigenvalue weighted by molar-refractivity contribution is -0.276. The second kappa shape index (κ2) is 5.68. The highest BCUT2D eigenvalue weighted by Crippen LogP contribution is 2.31. The number of rotatable bonds is 4. The molecule has 1 aromatic heterocycles. The number of carboxylic acid groups (broad SMARTS) is 1. The number of hydrogen-bond acceptors (Lipinski definition) is 3. The molecule has 10 heteroatoms. The van der Waals surface area contributed by atoms with Gasteiger partial charge in [-0.05, 0) is 6.07 Å². The number of carboxylic acids is 1. The highest BCUT2D eigenvalue weighted by Gasteiger charge is 2.34. The van der Waals surface area contributed by atoms with Crippen LogP contribution in [0, 0.1) is 0 Å². The van der Waals surface area contributed by atoms with Gasteiger partial charge in [-0.1, -0.05) is 15.9 Å². The fraction of sp³-hybridized carbons (Fsp3) is 0.333. The lowest BCUT2D eigenvalue weighted by Crippen LogP contribution is -2.20. The molecule has 106 valence electrons. The molecule has 0 atom stereocenters. The Kier molecular flexibility index (Phi) is 4.66. The van der Waals surface area contributed by atoms with E-state index in [9.17, 15) is 26.7 Å². The topological polar surface area (TPSA) is 59.4 Å². The fourth-order valence-electron chi connectivity index (χ4n) is 1.19. The zero-order chi connectivity index (χ0) is 14.8. The zero-order valence-corrected chi connectivity index (χ0v) is 10.4. The number of aromatic nitrogens is 1. The van der Waals surface area contributed by atoms with Crippen LogP contribution in [0.2, 0.25) is 0 Å². The van der Waals surface area contributed by atoms with E-state index in [2.05, 4.69) is 25.7 Å². The van der Waals surface area contributed by atoms with Gasteiger partial charge >= 0.3 is 12.3 Å². The molecule has 0 spiro atoms. The Morgan fingerprint density at radius 2 is 2.05 bits per heavy atom. The van der Waals surface area contributed by atoms with Crippen molar-refractivity contribution in [1.29, 1.82) is 0 Å². The quantitative estimate of drug-likeness (QED) is 0.667. The largest absolute Gasteiger partial charge is 0.574 e. The first-order valence-electron chi connectivity index (χ1n) is 4.52. The molecule has 1 heterocycles. The van der Waals surface area contributed by atoms with E-state index in [-0.39, 0.29) is 10.9 Å². The number of nitrogens with zero attached hydrogens (tertiary/aromatic N) is 1. The maximum absolute atomic E-state index is 12.6. The maximum atomic E-state index is 12.6. The Labute approximate surface area is 111 Å². The third kappa shape index (κ3) is 4.01. The summed E-state index contributed by atoms with van der Waals surface area (Å²) in [6.45, 7) is 0. The number of hydrogen-bond donors (Lipinski definition) is 1. The minimum absolute atomic E-state index is 0.259. The molecule has 1 aromatic rings. The maximum Gasteiger partial charge on any atom is 0.574 e. The first kappa shape index (κ1) is 15.6. The Morgan fingerprint density at radius 3 is 2.42 bits per heavy atom. The van der Waals surface area contributed by atoms with E-state index in [0.29, 0.717) is 6.07 Å². The van der Waals surface area contributed by atoms with Gasteiger partial charge in [0.25, 0.3) is 6.43 Å². The standard InChI is InChI=1S/C9H5BrF5NO3/c10-2-3-1-4(6(11)12)5(8(17)18)16-7(3)19-9(13,14)15/h1,6H,2H2,(H,17,18). The van der Waals surface area contributed by atoms with Gasteiger partial charge in [-0.2, -0.15) is 0 Å². The molecular weight excluding hydrogens is 345 g/mol. The zero-order valence-electron chi connectivity index (χ0n) is 8.84. The first-order chi connectivity index (χ1) is 8.65. The van der Waals surface area contributed by atoms with Crippen LogP contribution in [-0.2, 0) is 5.33 Å². The van der Waals surface area contributed by atoms with Crippen LogP contribution in [0.25, 0.3) is 0 Å². The number of halogens is 6. The van der Waals surface area contributed by atoms with Crippen molar-refractivity contribution in [3.05, 3.63) is 22.9 Å². The molecule has 1 N–H and O–H groups in total. The predicted molar refractivity (Wildman–Crippen MR) is 55.5 cm³/mol. The summed E-state index contributed by atoms with van der Waals surface area (Å²) in [6, 6.07) is 0.608. The molecule has 19 heavy (non-hydrogen) atoms. The van der Waals surface area contributed by atoms with Gasteiger partial charge in [-0.3, -0.25) is 0 Å². The van der Waals surface area contributed by atoms with Gasteiger partial charge < -0.3 is 9.84 Å². The second-order valence-corrected chi connectivity index (χ2v) is 3.74. The summed E-state index contributed by atoms with van der Waals surface area (Å²) in [7, 11) is 0. The van der Waals surface area contributed by atoms with E-state index in [4.69, 9.17) is 5.11 Å². The number of aromatic carboxylic acids is 1. The highest BCUT2D eigenvalue weighted by molar-refractivity contribution is 9.08. The second-order valence-electron chi connectivity index (χ2n) is 3.18. The van der Waals surface area contributed by atoms with E-state index < -0.39 is 35.9 Å². The van der Waals surface area contributed by atoms with E-state index in [1.807, 2.05) is 0 Å². The summed E-state index contributed by atoms with van der Waals surface area (Å²) < 4.78 is 64.9. The number of pyridine rings is 1. The van der Waals surface area contributed by atoms with Gasteiger partial charge in [0.05, 0.1) is 5.56 Å². The molecule has 4 nitrogen and oxygen atoms in total. The Hall–Kier alpha value is -1.45. The lowest BCUT2D eigenvalue weighted by atomic mass is 10.1. The molecule has 0 saturated carbocycles. The molecule has 0 unspecified atom stereocenters. The smallest absolute Gasteiger partial charge is 0.476 e. The van der Waals surface area contributed by atoms with Gasteiger partial charge in [0.1, 0.15) is 0 Å². The molecule has 0 bridgehead atoms. The van der Waals surface area contributed by atoms with Crippen LogP contribution in [0.5, 0.6) is 5.88 Å². The van der Waals surface area contributed by atoms with Gasteiger partial charge in [-0.25, -0.2) is 18.6 Å². The summed E-state index contributed by atoms with van der Waals surface area (Å²) in [5.74, 6) is -2.95. The molecule has 0 radical (unpaired) electrons. The Balaban J connectivity index is 3.40. The molecular formula is C9H5BrF5NO3. The van der Waals surface area contributed by atoms with E-state index in [1.165, 1.54) is 0 Å². The summed E-state index contributed by atoms with van der Waals surface area (Å²) in [5.41, 5.74) is -2.49. The van der Waals surface area contributed by atoms with Crippen LogP contribution in [0.15, 0.2) is 6.07 Å². The minimum Gasteiger partial charge on any atom is -0.476 e. The van der Waals surface area contributed by atoms with Gasteiger partial charge in [-0.15, -0.1) is 13.2 Å². The van der Waals surface area contributed by atoms with Crippen LogP contribution < -0.4 is 4.74 Å². The minimum atomic E-state index is -5.11. The number of alkyl halides is 6. The van der Waals surface area contributed by atoms with E-state index >= 15 is 0 Å².